The highest BCUT2D eigenvalue weighted by Gasteiger charge is 2.01. The Labute approximate surface area is 134 Å². The Hall–Kier alpha value is -1.83. The summed E-state index contributed by atoms with van der Waals surface area (Å²) < 4.78 is 5.43. The van der Waals surface area contributed by atoms with E-state index in [4.69, 9.17) is 4.74 Å². The van der Waals surface area contributed by atoms with Gasteiger partial charge in [0, 0.05) is 5.56 Å². The van der Waals surface area contributed by atoms with Gasteiger partial charge in [-0.2, -0.15) is 0 Å². The lowest BCUT2D eigenvalue weighted by Gasteiger charge is -2.06. The normalized spacial score (nSPS) is 10.6. The first-order valence-corrected chi connectivity index (χ1v) is 8.51. The average Bonchev–Trinajstić information content (AvgIpc) is 2.56. The molecular formula is C20H27NO. The van der Waals surface area contributed by atoms with Gasteiger partial charge >= 0.3 is 0 Å². The summed E-state index contributed by atoms with van der Waals surface area (Å²) in [5, 5.41) is 0. The van der Waals surface area contributed by atoms with E-state index in [1.165, 1.54) is 44.1 Å². The Bertz CT molecular complexity index is 531. The van der Waals surface area contributed by atoms with E-state index in [-0.39, 0.29) is 0 Å². The summed E-state index contributed by atoms with van der Waals surface area (Å²) in [6.07, 6.45) is 9.65. The molecule has 0 aliphatic heterocycles. The highest BCUT2D eigenvalue weighted by atomic mass is 16.5. The molecule has 0 aliphatic carbocycles. The van der Waals surface area contributed by atoms with Crippen molar-refractivity contribution >= 4 is 0 Å². The topological polar surface area (TPSA) is 22.1 Å². The van der Waals surface area contributed by atoms with Crippen molar-refractivity contribution in [1.82, 2.24) is 4.98 Å². The van der Waals surface area contributed by atoms with Gasteiger partial charge in [0.1, 0.15) is 5.75 Å². The third kappa shape index (κ3) is 5.18. The summed E-state index contributed by atoms with van der Waals surface area (Å²) in [5.74, 6) is 0.829. The first kappa shape index (κ1) is 16.5. The van der Waals surface area contributed by atoms with Gasteiger partial charge in [-0.25, -0.2) is 0 Å². The first-order valence-electron chi connectivity index (χ1n) is 8.51. The number of pyridine rings is 1. The van der Waals surface area contributed by atoms with Gasteiger partial charge in [-0.15, -0.1) is 0 Å². The van der Waals surface area contributed by atoms with E-state index in [0.29, 0.717) is 6.61 Å². The van der Waals surface area contributed by atoms with Crippen molar-refractivity contribution in [1.29, 1.82) is 0 Å². The maximum atomic E-state index is 5.43. The highest BCUT2D eigenvalue weighted by molar-refractivity contribution is 5.59. The number of ether oxygens (including phenoxy) is 1. The number of hydrogen-bond acceptors (Lipinski definition) is 2. The van der Waals surface area contributed by atoms with Crippen LogP contribution in [-0.4, -0.2) is 11.6 Å². The Balaban J connectivity index is 1.88. The molecule has 0 radical (unpaired) electrons. The molecule has 0 saturated heterocycles. The number of nitrogens with zero attached hydrogens (tertiary/aromatic N) is 1. The Morgan fingerprint density at radius 3 is 2.27 bits per heavy atom. The van der Waals surface area contributed by atoms with E-state index in [0.717, 1.165) is 17.0 Å². The Kier molecular flexibility index (Phi) is 6.95. The zero-order valence-corrected chi connectivity index (χ0v) is 13.8. The molecule has 0 amide bonds. The average molecular weight is 297 g/mol. The summed E-state index contributed by atoms with van der Waals surface area (Å²) in [6.45, 7) is 4.91. The smallest absolute Gasteiger partial charge is 0.137 e. The summed E-state index contributed by atoms with van der Waals surface area (Å²) in [6, 6.07) is 12.8. The number of unbranched alkanes of at least 4 members (excludes halogenated alkanes) is 4. The van der Waals surface area contributed by atoms with Gasteiger partial charge in [-0.1, -0.05) is 56.9 Å². The largest absolute Gasteiger partial charge is 0.492 e. The van der Waals surface area contributed by atoms with Gasteiger partial charge in [-0.3, -0.25) is 4.98 Å². The second-order valence-electron chi connectivity index (χ2n) is 5.67. The fraction of sp³-hybridized carbons (Fsp3) is 0.450. The molecule has 0 fully saturated rings. The lowest BCUT2D eigenvalue weighted by molar-refractivity contribution is 0.339. The van der Waals surface area contributed by atoms with Gasteiger partial charge in [0.25, 0.3) is 0 Å². The minimum atomic E-state index is 0.675. The SMILES string of the molecule is CCCCCCCc1ccc(-c2ccc(OCC)cn2)cc1. The van der Waals surface area contributed by atoms with Crippen molar-refractivity contribution in [3.05, 3.63) is 48.2 Å². The van der Waals surface area contributed by atoms with E-state index in [9.17, 15) is 0 Å². The highest BCUT2D eigenvalue weighted by Crippen LogP contribution is 2.20. The molecule has 2 aromatic rings. The maximum absolute atomic E-state index is 5.43. The minimum absolute atomic E-state index is 0.675. The second kappa shape index (κ2) is 9.24. The fourth-order valence-electron chi connectivity index (χ4n) is 2.58. The molecule has 1 aromatic heterocycles. The van der Waals surface area contributed by atoms with Crippen LogP contribution in [0, 0.1) is 0 Å². The second-order valence-corrected chi connectivity index (χ2v) is 5.67. The molecule has 0 N–H and O–H groups in total. The molecule has 2 nitrogen and oxygen atoms in total. The molecular weight excluding hydrogens is 270 g/mol. The predicted octanol–water partition coefficient (Wildman–Crippen LogP) is 5.66. The number of aryl methyl sites for hydroxylation is 1. The summed E-state index contributed by atoms with van der Waals surface area (Å²) in [7, 11) is 0. The molecule has 2 rings (SSSR count). The van der Waals surface area contributed by atoms with E-state index in [1.807, 2.05) is 19.1 Å². The standard InChI is InChI=1S/C20H27NO/c1-3-5-6-7-8-9-17-10-12-18(13-11-17)20-15-14-19(16-21-20)22-4-2/h10-16H,3-9H2,1-2H3. The lowest BCUT2D eigenvalue weighted by atomic mass is 10.0. The molecule has 118 valence electrons. The van der Waals surface area contributed by atoms with Crippen molar-refractivity contribution < 1.29 is 4.74 Å². The molecule has 0 atom stereocenters. The van der Waals surface area contributed by atoms with Crippen LogP contribution < -0.4 is 4.74 Å². The van der Waals surface area contributed by atoms with E-state index in [1.54, 1.807) is 6.20 Å². The molecule has 1 aromatic carbocycles. The van der Waals surface area contributed by atoms with Crippen LogP contribution in [0.2, 0.25) is 0 Å². The predicted molar refractivity (Wildman–Crippen MR) is 93.3 cm³/mol. The molecule has 0 aliphatic rings. The van der Waals surface area contributed by atoms with Crippen LogP contribution in [0.4, 0.5) is 0 Å². The zero-order valence-electron chi connectivity index (χ0n) is 13.8. The lowest BCUT2D eigenvalue weighted by Crippen LogP contribution is -1.92. The van der Waals surface area contributed by atoms with Crippen molar-refractivity contribution in [3.8, 4) is 17.0 Å². The minimum Gasteiger partial charge on any atom is -0.492 e. The number of rotatable bonds is 9. The number of aromatic nitrogens is 1. The van der Waals surface area contributed by atoms with Crippen LogP contribution in [0.15, 0.2) is 42.6 Å². The van der Waals surface area contributed by atoms with Crippen molar-refractivity contribution in [2.24, 2.45) is 0 Å². The number of hydrogen-bond donors (Lipinski definition) is 0. The molecule has 2 heteroatoms. The van der Waals surface area contributed by atoms with Crippen molar-refractivity contribution in [3.63, 3.8) is 0 Å². The molecule has 0 bridgehead atoms. The van der Waals surface area contributed by atoms with Gasteiger partial charge in [0.05, 0.1) is 18.5 Å². The van der Waals surface area contributed by atoms with Crippen LogP contribution in [0.1, 0.15) is 51.5 Å². The first-order chi connectivity index (χ1) is 10.8. The Morgan fingerprint density at radius 1 is 0.864 bits per heavy atom. The zero-order chi connectivity index (χ0) is 15.6. The fourth-order valence-corrected chi connectivity index (χ4v) is 2.58. The molecule has 22 heavy (non-hydrogen) atoms. The van der Waals surface area contributed by atoms with E-state index in [2.05, 4.69) is 36.2 Å². The Morgan fingerprint density at radius 2 is 1.64 bits per heavy atom. The molecule has 0 saturated carbocycles. The van der Waals surface area contributed by atoms with Crippen LogP contribution >= 0.6 is 0 Å². The van der Waals surface area contributed by atoms with E-state index >= 15 is 0 Å². The van der Waals surface area contributed by atoms with Crippen LogP contribution in [0.5, 0.6) is 5.75 Å². The number of benzene rings is 1. The van der Waals surface area contributed by atoms with Gasteiger partial charge in [0.2, 0.25) is 0 Å². The summed E-state index contributed by atoms with van der Waals surface area (Å²) in [4.78, 5) is 4.47. The van der Waals surface area contributed by atoms with Crippen molar-refractivity contribution in [2.75, 3.05) is 6.61 Å². The quantitative estimate of drug-likeness (QED) is 0.557. The molecule has 0 spiro atoms. The van der Waals surface area contributed by atoms with Gasteiger partial charge in [-0.05, 0) is 37.5 Å². The third-order valence-corrected chi connectivity index (χ3v) is 3.87. The van der Waals surface area contributed by atoms with Crippen molar-refractivity contribution in [2.45, 2.75) is 52.4 Å². The summed E-state index contributed by atoms with van der Waals surface area (Å²) >= 11 is 0. The maximum Gasteiger partial charge on any atom is 0.137 e. The van der Waals surface area contributed by atoms with Crippen LogP contribution in [-0.2, 0) is 6.42 Å². The molecule has 1 heterocycles. The van der Waals surface area contributed by atoms with Gasteiger partial charge in [0.15, 0.2) is 0 Å². The monoisotopic (exact) mass is 297 g/mol. The van der Waals surface area contributed by atoms with Crippen LogP contribution in [0.25, 0.3) is 11.3 Å². The molecule has 0 unspecified atom stereocenters. The van der Waals surface area contributed by atoms with E-state index < -0.39 is 0 Å². The van der Waals surface area contributed by atoms with Gasteiger partial charge < -0.3 is 4.74 Å². The summed E-state index contributed by atoms with van der Waals surface area (Å²) in [5.41, 5.74) is 3.59. The third-order valence-electron chi connectivity index (χ3n) is 3.87. The van der Waals surface area contributed by atoms with Crippen LogP contribution in [0.3, 0.4) is 0 Å².